The summed E-state index contributed by atoms with van der Waals surface area (Å²) in [5.74, 6) is -0.499. The number of rotatable bonds is 2. The van der Waals surface area contributed by atoms with Gasteiger partial charge in [0.1, 0.15) is 10.8 Å². The third kappa shape index (κ3) is 2.11. The molecule has 0 aliphatic heterocycles. The van der Waals surface area contributed by atoms with E-state index in [2.05, 4.69) is 4.98 Å². The van der Waals surface area contributed by atoms with Crippen LogP contribution in [0.1, 0.15) is 23.0 Å². The van der Waals surface area contributed by atoms with Crippen molar-refractivity contribution in [2.75, 3.05) is 6.61 Å². The van der Waals surface area contributed by atoms with E-state index >= 15 is 0 Å². The van der Waals surface area contributed by atoms with Gasteiger partial charge in [-0.1, -0.05) is 11.6 Å². The quantitative estimate of drug-likeness (QED) is 0.848. The summed E-state index contributed by atoms with van der Waals surface area (Å²) < 4.78 is 4.90. The first-order valence-corrected chi connectivity index (χ1v) is 5.88. The number of hydrogen-bond acceptors (Lipinski definition) is 4. The maximum Gasteiger partial charge on any atom is 0.338 e. The second-order valence-electron chi connectivity index (χ2n) is 3.81. The number of fused-ring (bicyclic) bond motifs is 1. The average molecular weight is 266 g/mol. The van der Waals surface area contributed by atoms with E-state index < -0.39 is 5.97 Å². The fraction of sp³-hybridized carbons (Fsp3) is 0.231. The van der Waals surface area contributed by atoms with Gasteiger partial charge in [0.15, 0.2) is 0 Å². The van der Waals surface area contributed by atoms with Crippen LogP contribution in [0.4, 0.5) is 0 Å². The smallest absolute Gasteiger partial charge is 0.338 e. The number of halogens is 1. The van der Waals surface area contributed by atoms with E-state index in [0.717, 1.165) is 0 Å². The topological polar surface area (TPSA) is 59.4 Å². The number of benzene rings is 1. The van der Waals surface area contributed by atoms with Crippen molar-refractivity contribution >= 4 is 28.5 Å². The average Bonchev–Trinajstić information content (AvgIpc) is 2.36. The minimum absolute atomic E-state index is 0.0645. The Morgan fingerprint density at radius 1 is 1.50 bits per heavy atom. The standard InChI is InChI=1S/C13H12ClNO3/c1-3-18-13(17)8-4-5-10-9(6-8)12(16)11(14)7(2)15-10/h4-6H,3H2,1-2H3,(H,15,16). The highest BCUT2D eigenvalue weighted by atomic mass is 35.5. The Balaban J connectivity index is 2.61. The molecular weight excluding hydrogens is 254 g/mol. The van der Waals surface area contributed by atoms with Gasteiger partial charge in [0.25, 0.3) is 0 Å². The number of nitrogens with zero attached hydrogens (tertiary/aromatic N) is 1. The van der Waals surface area contributed by atoms with Crippen molar-refractivity contribution < 1.29 is 14.6 Å². The maximum absolute atomic E-state index is 11.6. The molecular formula is C13H12ClNO3. The van der Waals surface area contributed by atoms with Crippen LogP contribution in [0, 0.1) is 6.92 Å². The fourth-order valence-corrected chi connectivity index (χ4v) is 1.83. The number of aromatic hydroxyl groups is 1. The Morgan fingerprint density at radius 2 is 2.22 bits per heavy atom. The van der Waals surface area contributed by atoms with Crippen LogP contribution < -0.4 is 0 Å². The molecule has 2 rings (SSSR count). The second-order valence-corrected chi connectivity index (χ2v) is 4.19. The van der Waals surface area contributed by atoms with Crippen LogP contribution in [-0.4, -0.2) is 22.7 Å². The van der Waals surface area contributed by atoms with Gasteiger partial charge in [-0.2, -0.15) is 0 Å². The van der Waals surface area contributed by atoms with Gasteiger partial charge in [0.2, 0.25) is 0 Å². The summed E-state index contributed by atoms with van der Waals surface area (Å²) in [5.41, 5.74) is 1.49. The highest BCUT2D eigenvalue weighted by molar-refractivity contribution is 6.33. The zero-order chi connectivity index (χ0) is 13.3. The molecule has 2 aromatic rings. The van der Waals surface area contributed by atoms with Gasteiger partial charge in [0.05, 0.1) is 23.4 Å². The first kappa shape index (κ1) is 12.6. The number of ether oxygens (including phenoxy) is 1. The lowest BCUT2D eigenvalue weighted by Gasteiger charge is -2.07. The van der Waals surface area contributed by atoms with Crippen LogP contribution in [0.3, 0.4) is 0 Å². The zero-order valence-corrected chi connectivity index (χ0v) is 10.8. The molecule has 0 bridgehead atoms. The number of carbonyl (C=O) groups is 1. The van der Waals surface area contributed by atoms with Crippen LogP contribution in [0.25, 0.3) is 10.9 Å². The fourth-order valence-electron chi connectivity index (χ4n) is 1.68. The van der Waals surface area contributed by atoms with Gasteiger partial charge >= 0.3 is 5.97 Å². The predicted molar refractivity (Wildman–Crippen MR) is 69.1 cm³/mol. The van der Waals surface area contributed by atoms with E-state index in [-0.39, 0.29) is 10.8 Å². The van der Waals surface area contributed by atoms with E-state index in [0.29, 0.717) is 28.8 Å². The Hall–Kier alpha value is -1.81. The molecule has 1 aromatic carbocycles. The van der Waals surface area contributed by atoms with Crippen LogP contribution in [-0.2, 0) is 4.74 Å². The molecule has 0 amide bonds. The predicted octanol–water partition coefficient (Wildman–Crippen LogP) is 3.08. The Morgan fingerprint density at radius 3 is 2.89 bits per heavy atom. The molecule has 1 heterocycles. The largest absolute Gasteiger partial charge is 0.506 e. The lowest BCUT2D eigenvalue weighted by atomic mass is 10.1. The van der Waals surface area contributed by atoms with Crippen molar-refractivity contribution in [3.05, 3.63) is 34.5 Å². The number of esters is 1. The van der Waals surface area contributed by atoms with Crippen LogP contribution in [0.15, 0.2) is 18.2 Å². The van der Waals surface area contributed by atoms with Crippen LogP contribution in [0.2, 0.25) is 5.02 Å². The Labute approximate surface area is 109 Å². The molecule has 94 valence electrons. The normalized spacial score (nSPS) is 10.6. The first-order valence-electron chi connectivity index (χ1n) is 5.50. The minimum atomic E-state index is -0.435. The molecule has 0 atom stereocenters. The van der Waals surface area contributed by atoms with Crippen molar-refractivity contribution in [1.82, 2.24) is 4.98 Å². The van der Waals surface area contributed by atoms with E-state index in [1.165, 1.54) is 6.07 Å². The highest BCUT2D eigenvalue weighted by Crippen LogP contribution is 2.33. The van der Waals surface area contributed by atoms with Gasteiger partial charge < -0.3 is 9.84 Å². The molecule has 0 spiro atoms. The molecule has 0 radical (unpaired) electrons. The van der Waals surface area contributed by atoms with E-state index in [9.17, 15) is 9.90 Å². The number of hydrogen-bond donors (Lipinski definition) is 1. The number of carbonyl (C=O) groups excluding carboxylic acids is 1. The Kier molecular flexibility index (Phi) is 3.39. The van der Waals surface area contributed by atoms with Crippen molar-refractivity contribution in [3.8, 4) is 5.75 Å². The summed E-state index contributed by atoms with van der Waals surface area (Å²) in [6.07, 6.45) is 0. The van der Waals surface area contributed by atoms with Crippen molar-refractivity contribution in [3.63, 3.8) is 0 Å². The molecule has 0 saturated carbocycles. The van der Waals surface area contributed by atoms with E-state index in [1.807, 2.05) is 0 Å². The molecule has 0 fully saturated rings. The summed E-state index contributed by atoms with van der Waals surface area (Å²) in [6, 6.07) is 4.80. The zero-order valence-electron chi connectivity index (χ0n) is 10.0. The number of pyridine rings is 1. The van der Waals surface area contributed by atoms with Crippen LogP contribution in [0.5, 0.6) is 5.75 Å². The van der Waals surface area contributed by atoms with Crippen molar-refractivity contribution in [1.29, 1.82) is 0 Å². The number of aryl methyl sites for hydroxylation is 1. The Bertz CT molecular complexity index is 625. The first-order chi connectivity index (χ1) is 8.54. The van der Waals surface area contributed by atoms with Gasteiger partial charge in [0, 0.05) is 5.39 Å². The maximum atomic E-state index is 11.6. The number of aromatic nitrogens is 1. The lowest BCUT2D eigenvalue weighted by molar-refractivity contribution is 0.0526. The van der Waals surface area contributed by atoms with Crippen LogP contribution >= 0.6 is 11.6 Å². The third-order valence-electron chi connectivity index (χ3n) is 2.58. The van der Waals surface area contributed by atoms with Crippen molar-refractivity contribution in [2.24, 2.45) is 0 Å². The summed E-state index contributed by atoms with van der Waals surface area (Å²) in [4.78, 5) is 15.8. The molecule has 0 aliphatic carbocycles. The van der Waals surface area contributed by atoms with Gasteiger partial charge in [-0.15, -0.1) is 0 Å². The molecule has 1 aromatic heterocycles. The monoisotopic (exact) mass is 265 g/mol. The van der Waals surface area contributed by atoms with E-state index in [1.54, 1.807) is 26.0 Å². The molecule has 4 nitrogen and oxygen atoms in total. The molecule has 18 heavy (non-hydrogen) atoms. The molecule has 0 aliphatic rings. The van der Waals surface area contributed by atoms with Gasteiger partial charge in [-0.05, 0) is 32.0 Å². The van der Waals surface area contributed by atoms with Gasteiger partial charge in [-0.3, -0.25) is 4.98 Å². The van der Waals surface area contributed by atoms with E-state index in [4.69, 9.17) is 16.3 Å². The molecule has 0 saturated heterocycles. The summed E-state index contributed by atoms with van der Waals surface area (Å²) in [5, 5.41) is 10.6. The summed E-state index contributed by atoms with van der Waals surface area (Å²) in [6.45, 7) is 3.74. The molecule has 5 heteroatoms. The SMILES string of the molecule is CCOC(=O)c1ccc2nc(C)c(Cl)c(O)c2c1. The second kappa shape index (κ2) is 4.82. The minimum Gasteiger partial charge on any atom is -0.506 e. The summed E-state index contributed by atoms with van der Waals surface area (Å²) >= 11 is 5.92. The highest BCUT2D eigenvalue weighted by Gasteiger charge is 2.13. The molecule has 0 unspecified atom stereocenters. The molecule has 1 N–H and O–H groups in total. The van der Waals surface area contributed by atoms with Crippen molar-refractivity contribution in [2.45, 2.75) is 13.8 Å². The van der Waals surface area contributed by atoms with Gasteiger partial charge in [-0.25, -0.2) is 4.79 Å². The third-order valence-corrected chi connectivity index (χ3v) is 3.03. The summed E-state index contributed by atoms with van der Waals surface area (Å²) in [7, 11) is 0. The lowest BCUT2D eigenvalue weighted by Crippen LogP contribution is -2.04.